The first-order chi connectivity index (χ1) is 22.1. The number of hydrogen-bond acceptors (Lipinski definition) is 14. The highest BCUT2D eigenvalue weighted by molar-refractivity contribution is 5.80. The zero-order valence-corrected chi connectivity index (χ0v) is 27.0. The van der Waals surface area contributed by atoms with Crippen LogP contribution in [0.1, 0.15) is 64.2 Å². The molecule has 16 nitrogen and oxygen atoms in total. The van der Waals surface area contributed by atoms with Crippen molar-refractivity contribution in [3.05, 3.63) is 0 Å². The van der Waals surface area contributed by atoms with E-state index in [1.807, 2.05) is 0 Å². The second-order valence-corrected chi connectivity index (χ2v) is 10.2. The maximum Gasteiger partial charge on any atom is 0.310 e. The summed E-state index contributed by atoms with van der Waals surface area (Å²) in [6.45, 7) is 2.38. The molecule has 0 rings (SSSR count). The Morgan fingerprint density at radius 2 is 1.02 bits per heavy atom. The fourth-order valence-electron chi connectivity index (χ4n) is 4.01. The van der Waals surface area contributed by atoms with Crippen molar-refractivity contribution in [1.29, 1.82) is 0 Å². The van der Waals surface area contributed by atoms with Crippen LogP contribution in [0.3, 0.4) is 0 Å². The Bertz CT molecular complexity index is 836. The van der Waals surface area contributed by atoms with Crippen LogP contribution in [-0.4, -0.2) is 132 Å². The Labute approximate surface area is 269 Å². The predicted molar refractivity (Wildman–Crippen MR) is 159 cm³/mol. The van der Waals surface area contributed by atoms with E-state index in [4.69, 9.17) is 37.9 Å². The van der Waals surface area contributed by atoms with Gasteiger partial charge < -0.3 is 53.2 Å². The molecular weight excluding hydrogens is 616 g/mol. The van der Waals surface area contributed by atoms with Gasteiger partial charge in [0.05, 0.1) is 65.0 Å². The highest BCUT2D eigenvalue weighted by atomic mass is 16.6. The Kier molecular flexibility index (Phi) is 27.7. The third-order valence-electron chi connectivity index (χ3n) is 6.42. The summed E-state index contributed by atoms with van der Waals surface area (Å²) < 4.78 is 40.7. The Hall–Kier alpha value is -2.89. The summed E-state index contributed by atoms with van der Waals surface area (Å²) in [5.41, 5.74) is 0. The number of carboxylic acids is 2. The van der Waals surface area contributed by atoms with E-state index in [1.165, 1.54) is 0 Å². The lowest BCUT2D eigenvalue weighted by Gasteiger charge is -2.27. The fraction of sp³-hybridized carbons (Fsp3) is 0.833. The van der Waals surface area contributed by atoms with Crippen LogP contribution in [-0.2, 0) is 61.9 Å². The first-order valence-corrected chi connectivity index (χ1v) is 15.5. The molecule has 0 aromatic heterocycles. The minimum atomic E-state index is -1.74. The fourth-order valence-corrected chi connectivity index (χ4v) is 4.01. The molecule has 0 aromatic carbocycles. The van der Waals surface area contributed by atoms with E-state index in [0.717, 1.165) is 0 Å². The smallest absolute Gasteiger partial charge is 0.310 e. The molecule has 0 heterocycles. The Balaban J connectivity index is 4.50. The summed E-state index contributed by atoms with van der Waals surface area (Å²) in [5.74, 6) is -7.32. The number of carboxylic acid groups (broad SMARTS) is 2. The van der Waals surface area contributed by atoms with Crippen molar-refractivity contribution in [2.24, 2.45) is 11.8 Å². The first-order valence-electron chi connectivity index (χ1n) is 15.5. The van der Waals surface area contributed by atoms with Crippen molar-refractivity contribution in [2.45, 2.75) is 70.5 Å². The van der Waals surface area contributed by atoms with E-state index in [-0.39, 0.29) is 58.5 Å². The first kappa shape index (κ1) is 43.1. The zero-order chi connectivity index (χ0) is 34.4. The van der Waals surface area contributed by atoms with Gasteiger partial charge in [0, 0.05) is 39.6 Å². The number of ether oxygens (including phenoxy) is 8. The molecule has 46 heavy (non-hydrogen) atoms. The lowest BCUT2D eigenvalue weighted by atomic mass is 9.86. The van der Waals surface area contributed by atoms with Crippen LogP contribution < -0.4 is 0 Å². The molecule has 268 valence electrons. The number of carbonyl (C=O) groups excluding carboxylic acids is 3. The second kappa shape index (κ2) is 29.5. The van der Waals surface area contributed by atoms with Gasteiger partial charge in [-0.05, 0) is 32.1 Å². The van der Waals surface area contributed by atoms with E-state index < -0.39 is 54.8 Å². The molecule has 3 N–H and O–H groups in total. The van der Waals surface area contributed by atoms with Gasteiger partial charge in [-0.1, -0.05) is 6.42 Å². The van der Waals surface area contributed by atoms with Crippen molar-refractivity contribution in [3.63, 3.8) is 0 Å². The van der Waals surface area contributed by atoms with Crippen molar-refractivity contribution in [3.8, 4) is 0 Å². The molecule has 0 spiro atoms. The van der Waals surface area contributed by atoms with Crippen LogP contribution >= 0.6 is 0 Å². The number of aliphatic carboxylic acids is 2. The number of carbonyl (C=O) groups is 5. The number of aliphatic hydroxyl groups is 1. The summed E-state index contributed by atoms with van der Waals surface area (Å²) in [6.07, 6.45) is -0.110. The van der Waals surface area contributed by atoms with Gasteiger partial charge in [-0.2, -0.15) is 0 Å². The monoisotopic (exact) mass is 668 g/mol. The largest absolute Gasteiger partial charge is 0.481 e. The molecule has 0 aromatic rings. The third kappa shape index (κ3) is 25.3. The van der Waals surface area contributed by atoms with Gasteiger partial charge >= 0.3 is 29.8 Å². The van der Waals surface area contributed by atoms with Gasteiger partial charge in [0.15, 0.2) is 6.29 Å². The summed E-state index contributed by atoms with van der Waals surface area (Å²) in [7, 11) is 3.10. The highest BCUT2D eigenvalue weighted by Crippen LogP contribution is 2.26. The number of esters is 3. The van der Waals surface area contributed by atoms with E-state index >= 15 is 0 Å². The standard InChI is InChI=1S/C30H52O16/c1-39-13-15-41-17-19-43-27(35)9-5-3-7-11-45-29(37)23(21-25(31)32)24(22-26(33)34)30(38)46-12-8-4-6-10-28(36)44-20-18-42-16-14-40-2/h23-24,29,37H,3-22H2,1-2H3,(H,31,32)(H,33,34). The van der Waals surface area contributed by atoms with Gasteiger partial charge in [-0.3, -0.25) is 24.0 Å². The number of unbranched alkanes of at least 4 members (excludes halogenated alkanes) is 4. The van der Waals surface area contributed by atoms with Crippen molar-refractivity contribution in [2.75, 3.05) is 80.3 Å². The molecule has 16 heteroatoms. The Morgan fingerprint density at radius 3 is 1.50 bits per heavy atom. The maximum absolute atomic E-state index is 12.8. The minimum absolute atomic E-state index is 0.0161. The molecule has 0 radical (unpaired) electrons. The van der Waals surface area contributed by atoms with Crippen LogP contribution in [0.2, 0.25) is 0 Å². The molecule has 3 unspecified atom stereocenters. The average Bonchev–Trinajstić information content (AvgIpc) is 3.01. The average molecular weight is 669 g/mol. The quantitative estimate of drug-likeness (QED) is 0.0401. The van der Waals surface area contributed by atoms with Crippen LogP contribution in [0.5, 0.6) is 0 Å². The summed E-state index contributed by atoms with van der Waals surface area (Å²) >= 11 is 0. The van der Waals surface area contributed by atoms with Crippen molar-refractivity contribution < 1.29 is 77.2 Å². The van der Waals surface area contributed by atoms with Crippen LogP contribution in [0.4, 0.5) is 0 Å². The predicted octanol–water partition coefficient (Wildman–Crippen LogP) is 1.58. The van der Waals surface area contributed by atoms with Crippen LogP contribution in [0.15, 0.2) is 0 Å². The molecular formula is C30H52O16. The Morgan fingerprint density at radius 1 is 0.543 bits per heavy atom. The van der Waals surface area contributed by atoms with E-state index in [9.17, 15) is 39.3 Å². The van der Waals surface area contributed by atoms with Crippen LogP contribution in [0, 0.1) is 11.8 Å². The van der Waals surface area contributed by atoms with E-state index in [0.29, 0.717) is 65.0 Å². The molecule has 0 amide bonds. The lowest BCUT2D eigenvalue weighted by Crippen LogP contribution is -2.38. The molecule has 0 saturated carbocycles. The lowest BCUT2D eigenvalue weighted by molar-refractivity contribution is -0.179. The molecule has 0 aliphatic carbocycles. The molecule has 0 aliphatic heterocycles. The number of rotatable bonds is 32. The number of methoxy groups -OCH3 is 2. The molecule has 0 aliphatic rings. The minimum Gasteiger partial charge on any atom is -0.481 e. The van der Waals surface area contributed by atoms with Crippen molar-refractivity contribution in [1.82, 2.24) is 0 Å². The van der Waals surface area contributed by atoms with Crippen LogP contribution in [0.25, 0.3) is 0 Å². The highest BCUT2D eigenvalue weighted by Gasteiger charge is 2.38. The van der Waals surface area contributed by atoms with Crippen molar-refractivity contribution >= 4 is 29.8 Å². The summed E-state index contributed by atoms with van der Waals surface area (Å²) in [5, 5.41) is 29.3. The summed E-state index contributed by atoms with van der Waals surface area (Å²) in [6, 6.07) is 0. The van der Waals surface area contributed by atoms with Gasteiger partial charge in [0.1, 0.15) is 13.2 Å². The van der Waals surface area contributed by atoms with E-state index in [2.05, 4.69) is 0 Å². The number of hydrogen-bond donors (Lipinski definition) is 3. The molecule has 3 atom stereocenters. The van der Waals surface area contributed by atoms with Gasteiger partial charge in [0.2, 0.25) is 0 Å². The van der Waals surface area contributed by atoms with Gasteiger partial charge in [-0.25, -0.2) is 0 Å². The zero-order valence-electron chi connectivity index (χ0n) is 27.0. The second-order valence-electron chi connectivity index (χ2n) is 10.2. The molecule has 0 bridgehead atoms. The SMILES string of the molecule is COCCOCCOC(=O)CCCCCOC(=O)C(CC(=O)O)C(CC(=O)O)C(O)OCCCCCC(=O)OCCOCCOC. The van der Waals surface area contributed by atoms with Gasteiger partial charge in [-0.15, -0.1) is 0 Å². The van der Waals surface area contributed by atoms with E-state index in [1.54, 1.807) is 14.2 Å². The normalized spacial score (nSPS) is 13.0. The topological polar surface area (TPSA) is 220 Å². The molecule has 0 fully saturated rings. The number of aliphatic hydroxyl groups excluding tert-OH is 1. The molecule has 0 saturated heterocycles. The van der Waals surface area contributed by atoms with Gasteiger partial charge in [0.25, 0.3) is 0 Å². The summed E-state index contributed by atoms with van der Waals surface area (Å²) in [4.78, 5) is 59.3. The maximum atomic E-state index is 12.8. The third-order valence-corrected chi connectivity index (χ3v) is 6.42.